The number of hydrogen-bond acceptors (Lipinski definition) is 3. The molecule has 1 rings (SSSR count). The van der Waals surface area contributed by atoms with Crippen molar-refractivity contribution in [1.29, 1.82) is 0 Å². The van der Waals surface area contributed by atoms with Crippen molar-refractivity contribution in [2.75, 3.05) is 26.4 Å². The summed E-state index contributed by atoms with van der Waals surface area (Å²) < 4.78 is 12.9. The van der Waals surface area contributed by atoms with Crippen LogP contribution < -0.4 is 0 Å². The van der Waals surface area contributed by atoms with Gasteiger partial charge < -0.3 is 10.0 Å². The molecule has 17 heavy (non-hydrogen) atoms. The fourth-order valence-corrected chi connectivity index (χ4v) is 2.32. The van der Waals surface area contributed by atoms with E-state index in [0.29, 0.717) is 12.3 Å². The van der Waals surface area contributed by atoms with E-state index in [9.17, 15) is 9.50 Å². The highest BCUT2D eigenvalue weighted by atomic mass is 35.5. The average molecular weight is 280 g/mol. The number of nitrogens with zero attached hydrogens (tertiary/aromatic N) is 1. The minimum absolute atomic E-state index is 0. The van der Waals surface area contributed by atoms with E-state index in [1.165, 1.54) is 12.1 Å². The molecule has 1 unspecified atom stereocenters. The zero-order chi connectivity index (χ0) is 12.0. The summed E-state index contributed by atoms with van der Waals surface area (Å²) in [5.74, 6) is 1.21. The lowest BCUT2D eigenvalue weighted by molar-refractivity contribution is 0.158. The molecule has 0 aliphatic rings. The van der Waals surface area contributed by atoms with Crippen molar-refractivity contribution in [2.24, 2.45) is 0 Å². The van der Waals surface area contributed by atoms with Crippen LogP contribution >= 0.6 is 24.2 Å². The van der Waals surface area contributed by atoms with Gasteiger partial charge in [-0.3, -0.25) is 0 Å². The number of likely N-dealkylation sites (N-methyl/N-ethyl adjacent to an activating group) is 1. The van der Waals surface area contributed by atoms with Crippen LogP contribution in [0.15, 0.2) is 24.3 Å². The SMILES string of the molecule is CN(C)CC(O)CSCc1cccc(F)c1.Cl. The summed E-state index contributed by atoms with van der Waals surface area (Å²) >= 11 is 1.62. The van der Waals surface area contributed by atoms with E-state index in [2.05, 4.69) is 0 Å². The molecule has 5 heteroatoms. The maximum absolute atomic E-state index is 12.9. The van der Waals surface area contributed by atoms with Gasteiger partial charge in [-0.2, -0.15) is 11.8 Å². The Morgan fingerprint density at radius 3 is 2.71 bits per heavy atom. The summed E-state index contributed by atoms with van der Waals surface area (Å²) in [5.41, 5.74) is 0.960. The summed E-state index contributed by atoms with van der Waals surface area (Å²) in [5, 5.41) is 9.62. The van der Waals surface area contributed by atoms with Gasteiger partial charge in [0.05, 0.1) is 6.10 Å². The van der Waals surface area contributed by atoms with Crippen molar-refractivity contribution in [3.8, 4) is 0 Å². The first-order valence-corrected chi connectivity index (χ1v) is 6.38. The Labute approximate surface area is 113 Å². The van der Waals surface area contributed by atoms with Gasteiger partial charge in [-0.1, -0.05) is 12.1 Å². The van der Waals surface area contributed by atoms with Crippen LogP contribution in [0.5, 0.6) is 0 Å². The number of thioether (sulfide) groups is 1. The first kappa shape index (κ1) is 16.7. The van der Waals surface area contributed by atoms with Crippen molar-refractivity contribution in [3.63, 3.8) is 0 Å². The third-order valence-corrected chi connectivity index (χ3v) is 3.20. The summed E-state index contributed by atoms with van der Waals surface area (Å²) in [6.45, 7) is 0.663. The molecule has 1 aromatic carbocycles. The normalized spacial score (nSPS) is 12.3. The summed E-state index contributed by atoms with van der Waals surface area (Å²) in [6.07, 6.45) is -0.325. The molecule has 0 spiro atoms. The number of benzene rings is 1. The van der Waals surface area contributed by atoms with E-state index < -0.39 is 0 Å². The predicted molar refractivity (Wildman–Crippen MR) is 74.4 cm³/mol. The van der Waals surface area contributed by atoms with E-state index in [1.54, 1.807) is 17.8 Å². The summed E-state index contributed by atoms with van der Waals surface area (Å²) in [4.78, 5) is 1.95. The highest BCUT2D eigenvalue weighted by Gasteiger charge is 2.05. The van der Waals surface area contributed by atoms with Crippen molar-refractivity contribution >= 4 is 24.2 Å². The van der Waals surface area contributed by atoms with Crippen LogP contribution in [0, 0.1) is 5.82 Å². The lowest BCUT2D eigenvalue weighted by atomic mass is 10.2. The van der Waals surface area contributed by atoms with Crippen LogP contribution in [-0.2, 0) is 5.75 Å². The molecule has 2 nitrogen and oxygen atoms in total. The smallest absolute Gasteiger partial charge is 0.123 e. The molecule has 98 valence electrons. The molecule has 1 aromatic rings. The first-order valence-electron chi connectivity index (χ1n) is 5.23. The Kier molecular flexibility index (Phi) is 8.60. The molecule has 0 bridgehead atoms. The van der Waals surface area contributed by atoms with Crippen LogP contribution in [0.25, 0.3) is 0 Å². The molecule has 0 fully saturated rings. The molecular formula is C12H19ClFNOS. The first-order chi connectivity index (χ1) is 7.58. The monoisotopic (exact) mass is 279 g/mol. The predicted octanol–water partition coefficient (Wildman–Crippen LogP) is 2.40. The molecule has 0 amide bonds. The molecule has 1 atom stereocenters. The van der Waals surface area contributed by atoms with Gasteiger partial charge in [0.25, 0.3) is 0 Å². The van der Waals surface area contributed by atoms with Crippen molar-refractivity contribution in [3.05, 3.63) is 35.6 Å². The number of aliphatic hydroxyl groups excluding tert-OH is 1. The Balaban J connectivity index is 0.00000256. The number of hydrogen-bond donors (Lipinski definition) is 1. The van der Waals surface area contributed by atoms with Gasteiger partial charge in [0, 0.05) is 18.1 Å². The largest absolute Gasteiger partial charge is 0.391 e. The highest BCUT2D eigenvalue weighted by Crippen LogP contribution is 2.14. The van der Waals surface area contributed by atoms with Gasteiger partial charge in [-0.15, -0.1) is 12.4 Å². The maximum Gasteiger partial charge on any atom is 0.123 e. The van der Waals surface area contributed by atoms with E-state index >= 15 is 0 Å². The zero-order valence-electron chi connectivity index (χ0n) is 10.1. The average Bonchev–Trinajstić information content (AvgIpc) is 2.16. The molecule has 0 heterocycles. The number of halogens is 2. The molecular weight excluding hydrogens is 261 g/mol. The fraction of sp³-hybridized carbons (Fsp3) is 0.500. The lowest BCUT2D eigenvalue weighted by Crippen LogP contribution is -2.27. The summed E-state index contributed by atoms with van der Waals surface area (Å²) in [7, 11) is 3.86. The Bertz CT molecular complexity index is 325. The molecule has 0 saturated carbocycles. The Hall–Kier alpha value is -0.290. The Morgan fingerprint density at radius 1 is 1.41 bits per heavy atom. The van der Waals surface area contributed by atoms with Crippen LogP contribution in [0.2, 0.25) is 0 Å². The minimum atomic E-state index is -0.325. The van der Waals surface area contributed by atoms with Crippen LogP contribution in [0.1, 0.15) is 5.56 Å². The minimum Gasteiger partial charge on any atom is -0.391 e. The van der Waals surface area contributed by atoms with E-state index in [-0.39, 0.29) is 24.3 Å². The topological polar surface area (TPSA) is 23.5 Å². The molecule has 0 aliphatic carbocycles. The third-order valence-electron chi connectivity index (χ3n) is 2.04. The number of rotatable bonds is 6. The van der Waals surface area contributed by atoms with Crippen molar-refractivity contribution in [1.82, 2.24) is 4.90 Å². The summed E-state index contributed by atoms with van der Waals surface area (Å²) in [6, 6.07) is 6.58. The second kappa shape index (κ2) is 8.75. The Morgan fingerprint density at radius 2 is 2.12 bits per heavy atom. The second-order valence-corrected chi connectivity index (χ2v) is 5.09. The molecule has 0 aromatic heterocycles. The molecule has 0 radical (unpaired) electrons. The van der Waals surface area contributed by atoms with Gasteiger partial charge in [0.15, 0.2) is 0 Å². The lowest BCUT2D eigenvalue weighted by Gasteiger charge is -2.15. The molecule has 0 aliphatic heterocycles. The fourth-order valence-electron chi connectivity index (χ4n) is 1.41. The highest BCUT2D eigenvalue weighted by molar-refractivity contribution is 7.98. The second-order valence-electron chi connectivity index (χ2n) is 4.06. The van der Waals surface area contributed by atoms with E-state index in [0.717, 1.165) is 11.3 Å². The van der Waals surface area contributed by atoms with Gasteiger partial charge >= 0.3 is 0 Å². The quantitative estimate of drug-likeness (QED) is 0.865. The standard InChI is InChI=1S/C12H18FNOS.ClH/c1-14(2)7-12(15)9-16-8-10-4-3-5-11(13)6-10;/h3-6,12,15H,7-9H2,1-2H3;1H. The molecule has 0 saturated heterocycles. The third kappa shape index (κ3) is 7.60. The van der Waals surface area contributed by atoms with Gasteiger partial charge in [-0.25, -0.2) is 4.39 Å². The van der Waals surface area contributed by atoms with Crippen LogP contribution in [0.3, 0.4) is 0 Å². The van der Waals surface area contributed by atoms with Gasteiger partial charge in [0.1, 0.15) is 5.82 Å². The van der Waals surface area contributed by atoms with Gasteiger partial charge in [0.2, 0.25) is 0 Å². The van der Waals surface area contributed by atoms with Crippen molar-refractivity contribution < 1.29 is 9.50 Å². The van der Waals surface area contributed by atoms with E-state index in [4.69, 9.17) is 0 Å². The van der Waals surface area contributed by atoms with Crippen LogP contribution in [-0.4, -0.2) is 42.5 Å². The van der Waals surface area contributed by atoms with Gasteiger partial charge in [-0.05, 0) is 31.8 Å². The molecule has 1 N–H and O–H groups in total. The van der Waals surface area contributed by atoms with Crippen LogP contribution in [0.4, 0.5) is 4.39 Å². The maximum atomic E-state index is 12.9. The number of aliphatic hydroxyl groups is 1. The zero-order valence-corrected chi connectivity index (χ0v) is 11.7. The van der Waals surface area contributed by atoms with E-state index in [1.807, 2.05) is 25.1 Å². The van der Waals surface area contributed by atoms with Crippen molar-refractivity contribution in [2.45, 2.75) is 11.9 Å².